The summed E-state index contributed by atoms with van der Waals surface area (Å²) < 4.78 is 2.45. The van der Waals surface area contributed by atoms with Crippen molar-refractivity contribution in [2.45, 2.75) is 6.04 Å². The molecule has 1 aromatic carbocycles. The second-order valence-corrected chi connectivity index (χ2v) is 4.79. The number of amidine groups is 1. The average Bonchev–Trinajstić information content (AvgIpc) is 2.78. The third kappa shape index (κ3) is 1.32. The third-order valence-corrected chi connectivity index (χ3v) is 3.83. The molecule has 3 heteroatoms. The van der Waals surface area contributed by atoms with Gasteiger partial charge in [-0.15, -0.1) is 0 Å². The monoisotopic (exact) mass is 205 g/mol. The van der Waals surface area contributed by atoms with Gasteiger partial charge in [0.15, 0.2) is 6.04 Å². The van der Waals surface area contributed by atoms with Crippen molar-refractivity contribution in [1.29, 1.82) is 0 Å². The molecule has 3 rings (SSSR count). The van der Waals surface area contributed by atoms with Crippen LogP contribution in [0.5, 0.6) is 0 Å². The number of hydrogen-bond acceptors (Lipinski definition) is 2. The highest BCUT2D eigenvalue weighted by molar-refractivity contribution is 8.13. The van der Waals surface area contributed by atoms with Gasteiger partial charge in [-0.05, 0) is 11.8 Å². The van der Waals surface area contributed by atoms with Crippen LogP contribution in [0.15, 0.2) is 30.3 Å². The predicted octanol–water partition coefficient (Wildman–Crippen LogP) is 1.45. The zero-order valence-corrected chi connectivity index (χ0v) is 8.76. The van der Waals surface area contributed by atoms with Gasteiger partial charge in [0.2, 0.25) is 0 Å². The first-order chi connectivity index (χ1) is 6.93. The van der Waals surface area contributed by atoms with Crippen molar-refractivity contribution >= 4 is 16.9 Å². The highest BCUT2D eigenvalue weighted by atomic mass is 32.2. The fraction of sp³-hybridized carbons (Fsp3) is 0.364. The molecule has 72 valence electrons. The summed E-state index contributed by atoms with van der Waals surface area (Å²) in [5.41, 5.74) is 1.40. The van der Waals surface area contributed by atoms with Gasteiger partial charge in [-0.3, -0.25) is 9.89 Å². The summed E-state index contributed by atoms with van der Waals surface area (Å²) in [6, 6.07) is 11.2. The second kappa shape index (κ2) is 3.31. The third-order valence-electron chi connectivity index (χ3n) is 2.79. The Kier molecular flexibility index (Phi) is 1.98. The number of hydrogen-bond donors (Lipinski definition) is 1. The molecule has 0 spiro atoms. The first kappa shape index (κ1) is 8.36. The van der Waals surface area contributed by atoms with Crippen molar-refractivity contribution in [3.8, 4) is 0 Å². The lowest BCUT2D eigenvalue weighted by Gasteiger charge is -2.06. The maximum atomic E-state index is 3.57. The van der Waals surface area contributed by atoms with Crippen molar-refractivity contribution in [1.82, 2.24) is 5.32 Å². The van der Waals surface area contributed by atoms with Crippen LogP contribution in [-0.2, 0) is 0 Å². The van der Waals surface area contributed by atoms with Gasteiger partial charge in [0.1, 0.15) is 6.54 Å². The van der Waals surface area contributed by atoms with Gasteiger partial charge < -0.3 is 0 Å². The van der Waals surface area contributed by atoms with Crippen LogP contribution in [0.25, 0.3) is 0 Å². The van der Waals surface area contributed by atoms with Crippen LogP contribution in [0, 0.1) is 0 Å². The molecular formula is C11H13N2S+. The van der Waals surface area contributed by atoms with Crippen LogP contribution in [-0.4, -0.2) is 28.6 Å². The summed E-state index contributed by atoms with van der Waals surface area (Å²) in [5, 5.41) is 4.95. The van der Waals surface area contributed by atoms with E-state index in [9.17, 15) is 0 Å². The molecule has 0 saturated heterocycles. The maximum Gasteiger partial charge on any atom is 0.307 e. The van der Waals surface area contributed by atoms with E-state index in [0.29, 0.717) is 6.04 Å². The van der Waals surface area contributed by atoms with Crippen LogP contribution >= 0.6 is 11.8 Å². The number of thioether (sulfide) groups is 1. The Labute approximate surface area is 88.0 Å². The van der Waals surface area contributed by atoms with E-state index >= 15 is 0 Å². The maximum absolute atomic E-state index is 3.57. The molecule has 1 N–H and O–H groups in total. The van der Waals surface area contributed by atoms with Crippen LogP contribution in [0.2, 0.25) is 0 Å². The van der Waals surface area contributed by atoms with Crippen LogP contribution < -0.4 is 5.32 Å². The molecule has 0 radical (unpaired) electrons. The van der Waals surface area contributed by atoms with Crippen LogP contribution in [0.1, 0.15) is 11.6 Å². The Balaban J connectivity index is 1.80. The van der Waals surface area contributed by atoms with Gasteiger partial charge >= 0.3 is 5.17 Å². The van der Waals surface area contributed by atoms with E-state index in [2.05, 4.69) is 40.2 Å². The Morgan fingerprint density at radius 3 is 2.93 bits per heavy atom. The Hall–Kier alpha value is -0.960. The highest BCUT2D eigenvalue weighted by Crippen LogP contribution is 2.23. The molecule has 0 unspecified atom stereocenters. The molecule has 1 aromatic rings. The molecule has 0 saturated carbocycles. The average molecular weight is 205 g/mol. The Bertz CT molecular complexity index is 356. The second-order valence-electron chi connectivity index (χ2n) is 3.71. The molecular weight excluding hydrogens is 192 g/mol. The summed E-state index contributed by atoms with van der Waals surface area (Å²) >= 11 is 1.94. The van der Waals surface area contributed by atoms with Crippen molar-refractivity contribution in [2.24, 2.45) is 0 Å². The predicted molar refractivity (Wildman–Crippen MR) is 59.8 cm³/mol. The zero-order chi connectivity index (χ0) is 9.38. The van der Waals surface area contributed by atoms with E-state index < -0.39 is 0 Å². The minimum absolute atomic E-state index is 0.499. The largest absolute Gasteiger partial charge is 0.307 e. The molecule has 1 atom stereocenters. The number of benzene rings is 1. The molecule has 0 aliphatic carbocycles. The molecule has 2 nitrogen and oxygen atoms in total. The quantitative estimate of drug-likeness (QED) is 0.698. The van der Waals surface area contributed by atoms with Crippen molar-refractivity contribution in [2.75, 3.05) is 18.8 Å². The summed E-state index contributed by atoms with van der Waals surface area (Å²) in [5.74, 6) is 1.24. The van der Waals surface area contributed by atoms with Gasteiger partial charge in [-0.2, -0.15) is 0 Å². The Morgan fingerprint density at radius 2 is 2.14 bits per heavy atom. The summed E-state index contributed by atoms with van der Waals surface area (Å²) in [6.45, 7) is 2.34. The first-order valence-corrected chi connectivity index (χ1v) is 5.98. The van der Waals surface area contributed by atoms with E-state index in [1.54, 1.807) is 0 Å². The molecule has 2 aliphatic heterocycles. The van der Waals surface area contributed by atoms with E-state index in [1.807, 2.05) is 11.8 Å². The standard InChI is InChI=1S/C11H12N2S/c1-2-4-9(5-3-1)10-8-13-6-7-14-11(13)12-10/h1-5,10H,6-8H2/p+1/t10-/m1/s1. The fourth-order valence-electron chi connectivity index (χ4n) is 2.04. The van der Waals surface area contributed by atoms with E-state index in [1.165, 1.54) is 23.0 Å². The van der Waals surface area contributed by atoms with Gasteiger partial charge in [0, 0.05) is 11.3 Å². The van der Waals surface area contributed by atoms with E-state index in [0.717, 1.165) is 6.54 Å². The van der Waals surface area contributed by atoms with Crippen molar-refractivity contribution in [3.63, 3.8) is 0 Å². The lowest BCUT2D eigenvalue weighted by atomic mass is 10.1. The van der Waals surface area contributed by atoms with E-state index in [4.69, 9.17) is 0 Å². The SMILES string of the molecule is c1ccc([C@H]2C[N+]3=C(N2)SCC3)cc1. The molecule has 2 heterocycles. The summed E-state index contributed by atoms with van der Waals surface area (Å²) in [7, 11) is 0. The summed E-state index contributed by atoms with van der Waals surface area (Å²) in [4.78, 5) is 0. The Morgan fingerprint density at radius 1 is 1.29 bits per heavy atom. The van der Waals surface area contributed by atoms with Gasteiger partial charge in [-0.25, -0.2) is 0 Å². The lowest BCUT2D eigenvalue weighted by Crippen LogP contribution is -2.21. The normalized spacial score (nSPS) is 25.0. The minimum Gasteiger partial charge on any atom is -0.258 e. The molecule has 0 bridgehead atoms. The molecule has 0 amide bonds. The number of nitrogens with zero attached hydrogens (tertiary/aromatic N) is 1. The van der Waals surface area contributed by atoms with E-state index in [-0.39, 0.29) is 0 Å². The fourth-order valence-corrected chi connectivity index (χ4v) is 3.12. The topological polar surface area (TPSA) is 15.0 Å². The van der Waals surface area contributed by atoms with Crippen molar-refractivity contribution in [3.05, 3.63) is 35.9 Å². The highest BCUT2D eigenvalue weighted by Gasteiger charge is 2.34. The number of nitrogens with one attached hydrogen (secondary N) is 1. The molecule has 2 aliphatic rings. The molecule has 14 heavy (non-hydrogen) atoms. The number of rotatable bonds is 1. The van der Waals surface area contributed by atoms with Crippen LogP contribution in [0.3, 0.4) is 0 Å². The first-order valence-electron chi connectivity index (χ1n) is 5.00. The van der Waals surface area contributed by atoms with Gasteiger partial charge in [0.25, 0.3) is 0 Å². The van der Waals surface area contributed by atoms with Crippen molar-refractivity contribution < 1.29 is 4.58 Å². The molecule has 0 aromatic heterocycles. The van der Waals surface area contributed by atoms with Gasteiger partial charge in [-0.1, -0.05) is 30.3 Å². The van der Waals surface area contributed by atoms with Gasteiger partial charge in [0.05, 0.1) is 6.54 Å². The smallest absolute Gasteiger partial charge is 0.258 e. The zero-order valence-electron chi connectivity index (χ0n) is 7.94. The molecule has 0 fully saturated rings. The minimum atomic E-state index is 0.499. The lowest BCUT2D eigenvalue weighted by molar-refractivity contribution is -0.511. The summed E-state index contributed by atoms with van der Waals surface area (Å²) in [6.07, 6.45) is 0. The van der Waals surface area contributed by atoms with Crippen LogP contribution in [0.4, 0.5) is 0 Å².